The van der Waals surface area contributed by atoms with E-state index < -0.39 is 5.54 Å². The number of rotatable bonds is 2. The molecule has 1 aromatic heterocycles. The smallest absolute Gasteiger partial charge is 0.118 e. The summed E-state index contributed by atoms with van der Waals surface area (Å²) in [7, 11) is 1.70. The highest BCUT2D eigenvalue weighted by Gasteiger charge is 2.35. The first kappa shape index (κ1) is 13.0. The summed E-state index contributed by atoms with van der Waals surface area (Å²) in [5.41, 5.74) is 10.8. The predicted octanol–water partition coefficient (Wildman–Crippen LogP) is 2.92. The Labute approximate surface area is 109 Å². The summed E-state index contributed by atoms with van der Waals surface area (Å²) in [5.74, 6) is 1.04. The highest BCUT2D eigenvalue weighted by atomic mass is 16.5. The first-order chi connectivity index (χ1) is 8.36. The van der Waals surface area contributed by atoms with Gasteiger partial charge >= 0.3 is 0 Å². The number of aromatic nitrogens is 1. The maximum Gasteiger partial charge on any atom is 0.118 e. The minimum absolute atomic E-state index is 0.129. The Kier molecular flexibility index (Phi) is 3.11. The SMILES string of the molecule is COC1=C(C)C(c2cc(C)c(C)[nH]2)C(C)(N)C=C1. The molecule has 0 saturated heterocycles. The molecule has 1 aromatic rings. The lowest BCUT2D eigenvalue weighted by atomic mass is 9.75. The zero-order valence-corrected chi connectivity index (χ0v) is 11.8. The number of aryl methyl sites for hydroxylation is 2. The molecule has 1 aliphatic rings. The molecule has 0 aliphatic heterocycles. The molecular weight excluding hydrogens is 224 g/mol. The van der Waals surface area contributed by atoms with Crippen molar-refractivity contribution in [3.05, 3.63) is 46.5 Å². The number of allylic oxidation sites excluding steroid dienone is 1. The van der Waals surface area contributed by atoms with E-state index in [1.165, 1.54) is 16.8 Å². The van der Waals surface area contributed by atoms with E-state index in [0.29, 0.717) is 0 Å². The summed E-state index contributed by atoms with van der Waals surface area (Å²) < 4.78 is 5.41. The van der Waals surface area contributed by atoms with Gasteiger partial charge in [0.1, 0.15) is 5.76 Å². The van der Waals surface area contributed by atoms with Crippen LogP contribution < -0.4 is 5.73 Å². The van der Waals surface area contributed by atoms with Crippen molar-refractivity contribution < 1.29 is 4.74 Å². The van der Waals surface area contributed by atoms with E-state index in [0.717, 1.165) is 11.5 Å². The van der Waals surface area contributed by atoms with E-state index in [1.54, 1.807) is 7.11 Å². The van der Waals surface area contributed by atoms with Crippen LogP contribution in [0.4, 0.5) is 0 Å². The Morgan fingerprint density at radius 1 is 1.33 bits per heavy atom. The van der Waals surface area contributed by atoms with Crippen LogP contribution in [0.3, 0.4) is 0 Å². The molecule has 1 aliphatic carbocycles. The summed E-state index contributed by atoms with van der Waals surface area (Å²) in [6, 6.07) is 2.18. The summed E-state index contributed by atoms with van der Waals surface area (Å²) >= 11 is 0. The van der Waals surface area contributed by atoms with Crippen molar-refractivity contribution in [2.24, 2.45) is 5.73 Å². The van der Waals surface area contributed by atoms with Crippen LogP contribution in [0.1, 0.15) is 36.7 Å². The van der Waals surface area contributed by atoms with Crippen molar-refractivity contribution >= 4 is 0 Å². The summed E-state index contributed by atoms with van der Waals surface area (Å²) in [6.07, 6.45) is 3.99. The molecule has 98 valence electrons. The second kappa shape index (κ2) is 4.32. The average Bonchev–Trinajstić information content (AvgIpc) is 2.58. The van der Waals surface area contributed by atoms with E-state index in [2.05, 4.69) is 38.7 Å². The number of nitrogens with one attached hydrogen (secondary N) is 1. The molecule has 0 aromatic carbocycles. The monoisotopic (exact) mass is 246 g/mol. The van der Waals surface area contributed by atoms with Crippen molar-refractivity contribution in [2.75, 3.05) is 7.11 Å². The molecule has 2 rings (SSSR count). The first-order valence-corrected chi connectivity index (χ1v) is 6.26. The van der Waals surface area contributed by atoms with Crippen LogP contribution >= 0.6 is 0 Å². The Morgan fingerprint density at radius 3 is 2.50 bits per heavy atom. The predicted molar refractivity (Wildman–Crippen MR) is 74.4 cm³/mol. The lowest BCUT2D eigenvalue weighted by molar-refractivity contribution is 0.290. The van der Waals surface area contributed by atoms with Gasteiger partial charge in [-0.15, -0.1) is 0 Å². The second-order valence-corrected chi connectivity index (χ2v) is 5.42. The molecule has 0 bridgehead atoms. The van der Waals surface area contributed by atoms with E-state index in [1.807, 2.05) is 12.2 Å². The van der Waals surface area contributed by atoms with Gasteiger partial charge in [0.05, 0.1) is 7.11 Å². The van der Waals surface area contributed by atoms with E-state index in [9.17, 15) is 0 Å². The molecule has 2 unspecified atom stereocenters. The lowest BCUT2D eigenvalue weighted by Crippen LogP contribution is -2.43. The standard InChI is InChI=1S/C15H22N2O/c1-9-8-12(17-11(9)3)14-10(2)13(18-5)6-7-15(14,4)16/h6-8,14,17H,16H2,1-5H3. The van der Waals surface area contributed by atoms with Gasteiger partial charge in [0.2, 0.25) is 0 Å². The van der Waals surface area contributed by atoms with Crippen molar-refractivity contribution in [3.8, 4) is 0 Å². The van der Waals surface area contributed by atoms with Crippen molar-refractivity contribution in [2.45, 2.75) is 39.2 Å². The normalized spacial score (nSPS) is 27.8. The molecule has 0 radical (unpaired) electrons. The van der Waals surface area contributed by atoms with Gasteiger partial charge in [-0.3, -0.25) is 0 Å². The first-order valence-electron chi connectivity index (χ1n) is 6.26. The average molecular weight is 246 g/mol. The summed E-state index contributed by atoms with van der Waals surface area (Å²) in [4.78, 5) is 3.44. The molecule has 0 fully saturated rings. The molecule has 1 heterocycles. The van der Waals surface area contributed by atoms with Crippen LogP contribution in [-0.2, 0) is 4.74 Å². The third-order valence-corrected chi connectivity index (χ3v) is 3.86. The summed E-state index contributed by atoms with van der Waals surface area (Å²) in [5, 5.41) is 0. The highest BCUT2D eigenvalue weighted by Crippen LogP contribution is 2.39. The van der Waals surface area contributed by atoms with E-state index >= 15 is 0 Å². The number of hydrogen-bond donors (Lipinski definition) is 2. The van der Waals surface area contributed by atoms with Crippen LogP contribution in [0, 0.1) is 13.8 Å². The Balaban J connectivity index is 2.52. The van der Waals surface area contributed by atoms with Gasteiger partial charge in [-0.2, -0.15) is 0 Å². The van der Waals surface area contributed by atoms with E-state index in [-0.39, 0.29) is 5.92 Å². The Morgan fingerprint density at radius 2 is 2.00 bits per heavy atom. The molecule has 3 heteroatoms. The zero-order valence-electron chi connectivity index (χ0n) is 11.8. The number of nitrogens with two attached hydrogens (primary N) is 1. The molecule has 0 saturated carbocycles. The fraction of sp³-hybridized carbons (Fsp3) is 0.467. The molecule has 3 nitrogen and oxygen atoms in total. The zero-order chi connectivity index (χ0) is 13.5. The maximum absolute atomic E-state index is 6.42. The second-order valence-electron chi connectivity index (χ2n) is 5.42. The van der Waals surface area contributed by atoms with Gasteiger partial charge in [0.25, 0.3) is 0 Å². The quantitative estimate of drug-likeness (QED) is 0.843. The molecular formula is C15H22N2O. The largest absolute Gasteiger partial charge is 0.497 e. The minimum Gasteiger partial charge on any atom is -0.497 e. The fourth-order valence-corrected chi connectivity index (χ4v) is 2.74. The molecule has 3 N–H and O–H groups in total. The highest BCUT2D eigenvalue weighted by molar-refractivity contribution is 5.42. The van der Waals surface area contributed by atoms with E-state index in [4.69, 9.17) is 10.5 Å². The fourth-order valence-electron chi connectivity index (χ4n) is 2.74. The molecule has 0 amide bonds. The third kappa shape index (κ3) is 1.99. The van der Waals surface area contributed by atoms with Crippen LogP contribution in [0.2, 0.25) is 0 Å². The molecule has 2 atom stereocenters. The Hall–Kier alpha value is -1.48. The number of methoxy groups -OCH3 is 1. The van der Waals surface area contributed by atoms with Crippen molar-refractivity contribution in [1.29, 1.82) is 0 Å². The van der Waals surface area contributed by atoms with Gasteiger partial charge in [-0.05, 0) is 51.0 Å². The number of H-pyrrole nitrogens is 1. The van der Waals surface area contributed by atoms with Gasteiger partial charge in [-0.25, -0.2) is 0 Å². The van der Waals surface area contributed by atoms with Crippen LogP contribution in [-0.4, -0.2) is 17.6 Å². The van der Waals surface area contributed by atoms with Crippen molar-refractivity contribution in [3.63, 3.8) is 0 Å². The van der Waals surface area contributed by atoms with Crippen LogP contribution in [0.25, 0.3) is 0 Å². The van der Waals surface area contributed by atoms with Gasteiger partial charge in [-0.1, -0.05) is 6.08 Å². The number of hydrogen-bond acceptors (Lipinski definition) is 2. The summed E-state index contributed by atoms with van der Waals surface area (Å²) in [6.45, 7) is 8.33. The maximum atomic E-state index is 6.42. The number of ether oxygens (including phenoxy) is 1. The lowest BCUT2D eigenvalue weighted by Gasteiger charge is -2.35. The minimum atomic E-state index is -0.393. The van der Waals surface area contributed by atoms with Gasteiger partial charge in [0.15, 0.2) is 0 Å². The number of aromatic amines is 1. The van der Waals surface area contributed by atoms with Gasteiger partial charge in [0, 0.05) is 22.8 Å². The Bertz CT molecular complexity index is 501. The van der Waals surface area contributed by atoms with Crippen LogP contribution in [0.5, 0.6) is 0 Å². The molecule has 18 heavy (non-hydrogen) atoms. The topological polar surface area (TPSA) is 51.0 Å². The molecule has 0 spiro atoms. The van der Waals surface area contributed by atoms with Crippen molar-refractivity contribution in [1.82, 2.24) is 4.98 Å². The third-order valence-electron chi connectivity index (χ3n) is 3.86. The van der Waals surface area contributed by atoms with Gasteiger partial charge < -0.3 is 15.5 Å². The van der Waals surface area contributed by atoms with Crippen LogP contribution in [0.15, 0.2) is 29.6 Å².